The van der Waals surface area contributed by atoms with Crippen molar-refractivity contribution in [1.29, 1.82) is 0 Å². The highest BCUT2D eigenvalue weighted by molar-refractivity contribution is 5.90. The minimum absolute atomic E-state index is 0.0568. The second kappa shape index (κ2) is 6.64. The Balaban J connectivity index is 1.45. The van der Waals surface area contributed by atoms with Crippen LogP contribution in [0.3, 0.4) is 0 Å². The lowest BCUT2D eigenvalue weighted by atomic mass is 10.0. The van der Waals surface area contributed by atoms with E-state index >= 15 is 0 Å². The number of carbonyl (C=O) groups is 1. The summed E-state index contributed by atoms with van der Waals surface area (Å²) in [6, 6.07) is 4.64. The molecule has 142 valence electrons. The van der Waals surface area contributed by atoms with Crippen molar-refractivity contribution in [1.82, 2.24) is 0 Å². The van der Waals surface area contributed by atoms with Gasteiger partial charge in [-0.3, -0.25) is 4.90 Å². The van der Waals surface area contributed by atoms with E-state index in [-0.39, 0.29) is 19.3 Å². The Morgan fingerprint density at radius 2 is 2.08 bits per heavy atom. The summed E-state index contributed by atoms with van der Waals surface area (Å²) in [5.41, 5.74) is 6.38. The van der Waals surface area contributed by atoms with Crippen molar-refractivity contribution >= 4 is 17.5 Å². The van der Waals surface area contributed by atoms with Crippen molar-refractivity contribution in [3.05, 3.63) is 24.0 Å². The van der Waals surface area contributed by atoms with Crippen molar-refractivity contribution in [3.8, 4) is 0 Å². The molecule has 3 aliphatic rings. The van der Waals surface area contributed by atoms with E-state index in [4.69, 9.17) is 19.9 Å². The average Bonchev–Trinajstić information content (AvgIpc) is 3.19. The smallest absolute Gasteiger partial charge is 0.414 e. The maximum absolute atomic E-state index is 14.7. The molecule has 0 aliphatic carbocycles. The fourth-order valence-corrected chi connectivity index (χ4v) is 3.64. The van der Waals surface area contributed by atoms with Crippen LogP contribution in [-0.2, 0) is 14.2 Å². The van der Waals surface area contributed by atoms with E-state index in [0.717, 1.165) is 0 Å². The predicted molar refractivity (Wildman–Crippen MR) is 89.2 cm³/mol. The lowest BCUT2D eigenvalue weighted by Gasteiger charge is -2.38. The van der Waals surface area contributed by atoms with Crippen molar-refractivity contribution in [2.45, 2.75) is 31.1 Å². The maximum Gasteiger partial charge on any atom is 0.414 e. The Hall–Kier alpha value is -1.97. The van der Waals surface area contributed by atoms with Crippen LogP contribution < -0.4 is 15.5 Å². The molecule has 26 heavy (non-hydrogen) atoms. The number of cyclic esters (lactones) is 1. The SMILES string of the molecule is NCC1CN(c2ccc(N3CCC4(CC3)OCC(F)O4)c(F)c2)C(=O)O1. The first-order valence-electron chi connectivity index (χ1n) is 8.68. The first-order chi connectivity index (χ1) is 12.5. The Morgan fingerprint density at radius 3 is 2.65 bits per heavy atom. The summed E-state index contributed by atoms with van der Waals surface area (Å²) < 4.78 is 43.7. The number of ether oxygens (including phenoxy) is 3. The average molecular weight is 369 g/mol. The fourth-order valence-electron chi connectivity index (χ4n) is 3.64. The highest BCUT2D eigenvalue weighted by atomic mass is 19.1. The van der Waals surface area contributed by atoms with Crippen molar-refractivity contribution in [3.63, 3.8) is 0 Å². The van der Waals surface area contributed by atoms with Crippen LogP contribution in [0.4, 0.5) is 25.0 Å². The zero-order chi connectivity index (χ0) is 18.3. The summed E-state index contributed by atoms with van der Waals surface area (Å²) in [5, 5.41) is 0. The molecular weight excluding hydrogens is 348 g/mol. The number of hydrogen-bond acceptors (Lipinski definition) is 6. The molecule has 0 bridgehead atoms. The minimum Gasteiger partial charge on any atom is -0.443 e. The Labute approximate surface area is 149 Å². The van der Waals surface area contributed by atoms with Crippen LogP contribution >= 0.6 is 0 Å². The first-order valence-corrected chi connectivity index (χ1v) is 8.68. The summed E-state index contributed by atoms with van der Waals surface area (Å²) in [5.74, 6) is -1.32. The van der Waals surface area contributed by atoms with Crippen molar-refractivity contribution < 1.29 is 27.8 Å². The number of nitrogens with zero attached hydrogens (tertiary/aromatic N) is 2. The van der Waals surface area contributed by atoms with E-state index in [1.165, 1.54) is 11.0 Å². The molecule has 2 atom stereocenters. The number of anilines is 2. The van der Waals surface area contributed by atoms with E-state index in [1.807, 2.05) is 4.90 Å². The predicted octanol–water partition coefficient (Wildman–Crippen LogP) is 1.75. The van der Waals surface area contributed by atoms with E-state index in [9.17, 15) is 13.6 Å². The molecule has 3 heterocycles. The van der Waals surface area contributed by atoms with Gasteiger partial charge in [-0.2, -0.15) is 0 Å². The molecule has 3 aliphatic heterocycles. The second-order valence-corrected chi connectivity index (χ2v) is 6.72. The van der Waals surface area contributed by atoms with Crippen LogP contribution in [0.25, 0.3) is 0 Å². The molecule has 0 aromatic heterocycles. The molecule has 1 spiro atoms. The standard InChI is InChI=1S/C17H21F2N3O4/c18-13-7-11(22-9-12(8-20)25-16(22)23)1-2-14(13)21-5-3-17(4-6-21)24-10-15(19)26-17/h1-2,7,12,15H,3-6,8-10,20H2. The van der Waals surface area contributed by atoms with Crippen molar-refractivity contribution in [2.75, 3.05) is 42.6 Å². The van der Waals surface area contributed by atoms with E-state index in [2.05, 4.69) is 0 Å². The lowest BCUT2D eigenvalue weighted by Crippen LogP contribution is -2.45. The number of carbonyl (C=O) groups excluding carboxylic acids is 1. The highest BCUT2D eigenvalue weighted by Crippen LogP contribution is 2.37. The number of piperidine rings is 1. The third-order valence-corrected chi connectivity index (χ3v) is 5.07. The van der Waals surface area contributed by atoms with Gasteiger partial charge in [-0.1, -0.05) is 0 Å². The first kappa shape index (κ1) is 17.4. The zero-order valence-corrected chi connectivity index (χ0v) is 14.2. The molecule has 3 saturated heterocycles. The van der Waals surface area contributed by atoms with Crippen LogP contribution in [0.5, 0.6) is 0 Å². The van der Waals surface area contributed by atoms with Crippen LogP contribution in [0.15, 0.2) is 18.2 Å². The van der Waals surface area contributed by atoms with Gasteiger partial charge in [0.2, 0.25) is 6.36 Å². The second-order valence-electron chi connectivity index (χ2n) is 6.72. The Bertz CT molecular complexity index is 697. The highest BCUT2D eigenvalue weighted by Gasteiger charge is 2.44. The normalized spacial score (nSPS) is 28.0. The third-order valence-electron chi connectivity index (χ3n) is 5.07. The molecule has 7 nitrogen and oxygen atoms in total. The van der Waals surface area contributed by atoms with E-state index in [1.54, 1.807) is 12.1 Å². The minimum atomic E-state index is -1.39. The molecule has 9 heteroatoms. The summed E-state index contributed by atoms with van der Waals surface area (Å²) in [6.45, 7) is 1.45. The van der Waals surface area contributed by atoms with E-state index < -0.39 is 24.1 Å². The lowest BCUT2D eigenvalue weighted by molar-refractivity contribution is -0.194. The fraction of sp³-hybridized carbons (Fsp3) is 0.588. The Morgan fingerprint density at radius 1 is 1.31 bits per heavy atom. The molecule has 3 fully saturated rings. The molecule has 0 radical (unpaired) electrons. The van der Waals surface area contributed by atoms with Gasteiger partial charge in [-0.05, 0) is 18.2 Å². The topological polar surface area (TPSA) is 77.3 Å². The quantitative estimate of drug-likeness (QED) is 0.875. The van der Waals surface area contributed by atoms with Gasteiger partial charge in [0.15, 0.2) is 5.79 Å². The van der Waals surface area contributed by atoms with Crippen molar-refractivity contribution in [2.24, 2.45) is 5.73 Å². The number of benzene rings is 1. The van der Waals surface area contributed by atoms with Crippen LogP contribution in [0.2, 0.25) is 0 Å². The summed E-state index contributed by atoms with van der Waals surface area (Å²) in [4.78, 5) is 15.1. The molecule has 1 amide bonds. The number of halogens is 2. The third kappa shape index (κ3) is 3.10. The maximum atomic E-state index is 14.7. The van der Waals surface area contributed by atoms with Gasteiger partial charge in [0, 0.05) is 32.5 Å². The van der Waals surface area contributed by atoms with Crippen LogP contribution in [0, 0.1) is 5.82 Å². The molecule has 1 aromatic rings. The number of hydrogen-bond donors (Lipinski definition) is 1. The van der Waals surface area contributed by atoms with Gasteiger partial charge >= 0.3 is 6.09 Å². The molecule has 1 aromatic carbocycles. The molecule has 2 N–H and O–H groups in total. The number of nitrogens with two attached hydrogens (primary N) is 1. The molecule has 2 unspecified atom stereocenters. The molecular formula is C17H21F2N3O4. The number of rotatable bonds is 3. The largest absolute Gasteiger partial charge is 0.443 e. The number of alkyl halides is 1. The van der Waals surface area contributed by atoms with E-state index in [0.29, 0.717) is 43.9 Å². The van der Waals surface area contributed by atoms with Gasteiger partial charge in [-0.15, -0.1) is 0 Å². The van der Waals surface area contributed by atoms with Gasteiger partial charge in [0.05, 0.1) is 17.9 Å². The molecule has 4 rings (SSSR count). The van der Waals surface area contributed by atoms with Crippen LogP contribution in [0.1, 0.15) is 12.8 Å². The summed E-state index contributed by atoms with van der Waals surface area (Å²) >= 11 is 0. The number of amides is 1. The summed E-state index contributed by atoms with van der Waals surface area (Å²) in [6.07, 6.45) is -1.37. The zero-order valence-electron chi connectivity index (χ0n) is 14.2. The molecule has 0 saturated carbocycles. The van der Waals surface area contributed by atoms with Gasteiger partial charge in [-0.25, -0.2) is 13.6 Å². The van der Waals surface area contributed by atoms with Gasteiger partial charge in [0.1, 0.15) is 18.5 Å². The van der Waals surface area contributed by atoms with Crippen LogP contribution in [-0.4, -0.2) is 57.1 Å². The monoisotopic (exact) mass is 369 g/mol. The Kier molecular flexibility index (Phi) is 4.45. The summed E-state index contributed by atoms with van der Waals surface area (Å²) in [7, 11) is 0. The van der Waals surface area contributed by atoms with Gasteiger partial charge in [0.25, 0.3) is 0 Å². The van der Waals surface area contributed by atoms with Gasteiger partial charge < -0.3 is 24.8 Å².